The summed E-state index contributed by atoms with van der Waals surface area (Å²) in [5.41, 5.74) is 2.35. The molecule has 0 saturated heterocycles. The lowest BCUT2D eigenvalue weighted by Gasteiger charge is -2.12. The highest BCUT2D eigenvalue weighted by Crippen LogP contribution is 2.36. The van der Waals surface area contributed by atoms with E-state index >= 15 is 0 Å². The fourth-order valence-electron chi connectivity index (χ4n) is 2.86. The molecule has 172 valence electrons. The Labute approximate surface area is 222 Å². The molecule has 0 aliphatic rings. The third kappa shape index (κ3) is 6.79. The molecule has 6 nitrogen and oxygen atoms in total. The molecule has 34 heavy (non-hydrogen) atoms. The van der Waals surface area contributed by atoms with E-state index in [4.69, 9.17) is 4.74 Å². The van der Waals surface area contributed by atoms with Gasteiger partial charge in [0, 0.05) is 10.2 Å². The first-order valence-electron chi connectivity index (χ1n) is 9.78. The van der Waals surface area contributed by atoms with E-state index in [1.807, 2.05) is 30.3 Å². The average molecular weight is 649 g/mol. The molecule has 0 heterocycles. The molecule has 1 amide bonds. The fraction of sp³-hybridized carbons (Fsp3) is 0.0800. The number of nitrogens with zero attached hydrogens (tertiary/aromatic N) is 1. The van der Waals surface area contributed by atoms with Gasteiger partial charge in [0.05, 0.1) is 21.6 Å². The van der Waals surface area contributed by atoms with E-state index in [-0.39, 0.29) is 5.57 Å². The highest BCUT2D eigenvalue weighted by Gasteiger charge is 2.13. The molecule has 0 spiro atoms. The van der Waals surface area contributed by atoms with Gasteiger partial charge in [0.2, 0.25) is 0 Å². The third-order valence-electron chi connectivity index (χ3n) is 4.56. The molecule has 0 bridgehead atoms. The van der Waals surface area contributed by atoms with Crippen molar-refractivity contribution in [3.63, 3.8) is 0 Å². The molecular formula is C25H17Br3N2O4. The first kappa shape index (κ1) is 25.7. The summed E-state index contributed by atoms with van der Waals surface area (Å²) in [7, 11) is 1.29. The second kappa shape index (κ2) is 12.0. The van der Waals surface area contributed by atoms with Gasteiger partial charge < -0.3 is 14.8 Å². The van der Waals surface area contributed by atoms with Crippen LogP contribution in [0.1, 0.15) is 21.5 Å². The van der Waals surface area contributed by atoms with Crippen molar-refractivity contribution in [3.8, 4) is 11.8 Å². The molecule has 3 aromatic rings. The summed E-state index contributed by atoms with van der Waals surface area (Å²) in [5.74, 6) is -0.444. The van der Waals surface area contributed by atoms with Gasteiger partial charge in [0.15, 0.2) is 0 Å². The van der Waals surface area contributed by atoms with E-state index in [0.29, 0.717) is 38.1 Å². The second-order valence-corrected chi connectivity index (χ2v) is 9.55. The normalized spacial score (nSPS) is 10.9. The summed E-state index contributed by atoms with van der Waals surface area (Å²) in [6.07, 6.45) is 1.48. The Morgan fingerprint density at radius 2 is 1.62 bits per heavy atom. The van der Waals surface area contributed by atoms with Crippen molar-refractivity contribution in [3.05, 3.63) is 96.3 Å². The number of halogens is 3. The Morgan fingerprint density at radius 1 is 1.00 bits per heavy atom. The van der Waals surface area contributed by atoms with Gasteiger partial charge in [-0.15, -0.1) is 0 Å². The molecule has 0 unspecified atom stereocenters. The molecular weight excluding hydrogens is 632 g/mol. The molecule has 9 heteroatoms. The SMILES string of the molecule is COC(=O)c1ccc(NC(=O)/C(C#N)=C/c2cc(Br)c(OCc3ccc(Br)cc3)c(Br)c2)cc1. The van der Waals surface area contributed by atoms with E-state index in [1.54, 1.807) is 24.3 Å². The predicted octanol–water partition coefficient (Wildman–Crippen LogP) is 6.89. The van der Waals surface area contributed by atoms with Crippen molar-refractivity contribution in [1.29, 1.82) is 5.26 Å². The first-order chi connectivity index (χ1) is 16.3. The molecule has 0 fully saturated rings. The first-order valence-corrected chi connectivity index (χ1v) is 12.2. The molecule has 0 aliphatic carbocycles. The number of hydrogen-bond donors (Lipinski definition) is 1. The van der Waals surface area contributed by atoms with Crippen LogP contribution in [0.15, 0.2) is 79.7 Å². The van der Waals surface area contributed by atoms with Crippen molar-refractivity contribution in [2.75, 3.05) is 12.4 Å². The molecule has 0 saturated carbocycles. The van der Waals surface area contributed by atoms with Gasteiger partial charge in [0.25, 0.3) is 5.91 Å². The number of nitrogens with one attached hydrogen (secondary N) is 1. The maximum atomic E-state index is 12.6. The number of ether oxygens (including phenoxy) is 2. The van der Waals surface area contributed by atoms with Crippen LogP contribution >= 0.6 is 47.8 Å². The van der Waals surface area contributed by atoms with E-state index in [0.717, 1.165) is 10.0 Å². The van der Waals surface area contributed by atoms with Crippen molar-refractivity contribution >= 4 is 71.4 Å². The Morgan fingerprint density at radius 3 is 2.18 bits per heavy atom. The van der Waals surface area contributed by atoms with Gasteiger partial charge in [-0.3, -0.25) is 4.79 Å². The number of methoxy groups -OCH3 is 1. The van der Waals surface area contributed by atoms with Gasteiger partial charge in [-0.2, -0.15) is 5.26 Å². The molecule has 3 rings (SSSR count). The summed E-state index contributed by atoms with van der Waals surface area (Å²) >= 11 is 10.4. The summed E-state index contributed by atoms with van der Waals surface area (Å²) in [6.45, 7) is 0.375. The molecule has 0 radical (unpaired) electrons. The van der Waals surface area contributed by atoms with Crippen molar-refractivity contribution < 1.29 is 19.1 Å². The summed E-state index contributed by atoms with van der Waals surface area (Å²) in [5, 5.41) is 12.2. The number of nitriles is 1. The lowest BCUT2D eigenvalue weighted by atomic mass is 10.1. The van der Waals surface area contributed by atoms with Crippen LogP contribution in [-0.4, -0.2) is 19.0 Å². The van der Waals surface area contributed by atoms with E-state index in [2.05, 4.69) is 57.8 Å². The standard InChI is InChI=1S/C25H17Br3N2O4/c1-33-25(32)17-4-8-20(9-5-17)30-24(31)18(13-29)10-16-11-21(27)23(22(28)12-16)34-14-15-2-6-19(26)7-3-15/h2-12H,14H2,1H3,(H,30,31)/b18-10+. The minimum atomic E-state index is -0.573. The second-order valence-electron chi connectivity index (χ2n) is 6.92. The van der Waals surface area contributed by atoms with Crippen LogP contribution in [0, 0.1) is 11.3 Å². The highest BCUT2D eigenvalue weighted by atomic mass is 79.9. The molecule has 0 atom stereocenters. The summed E-state index contributed by atoms with van der Waals surface area (Å²) < 4.78 is 12.9. The number of carbonyl (C=O) groups is 2. The monoisotopic (exact) mass is 646 g/mol. The molecule has 3 aromatic carbocycles. The van der Waals surface area contributed by atoms with E-state index < -0.39 is 11.9 Å². The van der Waals surface area contributed by atoms with Gasteiger partial charge in [-0.05, 0) is 97.6 Å². The zero-order valence-electron chi connectivity index (χ0n) is 17.8. The number of carbonyl (C=O) groups excluding carboxylic acids is 2. The zero-order valence-corrected chi connectivity index (χ0v) is 22.5. The summed E-state index contributed by atoms with van der Waals surface area (Å²) in [6, 6.07) is 19.4. The van der Waals surface area contributed by atoms with Gasteiger partial charge in [-0.25, -0.2) is 4.79 Å². The Kier molecular flexibility index (Phi) is 9.05. The lowest BCUT2D eigenvalue weighted by Crippen LogP contribution is -2.13. The van der Waals surface area contributed by atoms with Gasteiger partial charge in [-0.1, -0.05) is 28.1 Å². The average Bonchev–Trinajstić information content (AvgIpc) is 2.83. The number of rotatable bonds is 7. The van der Waals surface area contributed by atoms with Crippen LogP contribution in [0.4, 0.5) is 5.69 Å². The Bertz CT molecular complexity index is 1260. The number of esters is 1. The van der Waals surface area contributed by atoms with E-state index in [9.17, 15) is 14.9 Å². The number of benzene rings is 3. The largest absolute Gasteiger partial charge is 0.487 e. The lowest BCUT2D eigenvalue weighted by molar-refractivity contribution is -0.112. The third-order valence-corrected chi connectivity index (χ3v) is 6.26. The van der Waals surface area contributed by atoms with Crippen LogP contribution in [0.2, 0.25) is 0 Å². The highest BCUT2D eigenvalue weighted by molar-refractivity contribution is 9.11. The Hall–Kier alpha value is -2.93. The van der Waals surface area contributed by atoms with Gasteiger partial charge in [0.1, 0.15) is 24.0 Å². The van der Waals surface area contributed by atoms with Gasteiger partial charge >= 0.3 is 5.97 Å². The minimum absolute atomic E-state index is 0.0839. The van der Waals surface area contributed by atoms with Crippen LogP contribution in [0.5, 0.6) is 5.75 Å². The topological polar surface area (TPSA) is 88.4 Å². The fourth-order valence-corrected chi connectivity index (χ4v) is 4.57. The quantitative estimate of drug-likeness (QED) is 0.171. The van der Waals surface area contributed by atoms with Crippen molar-refractivity contribution in [2.45, 2.75) is 6.61 Å². The zero-order chi connectivity index (χ0) is 24.7. The summed E-state index contributed by atoms with van der Waals surface area (Å²) in [4.78, 5) is 24.1. The maximum absolute atomic E-state index is 12.6. The smallest absolute Gasteiger partial charge is 0.337 e. The van der Waals surface area contributed by atoms with Crippen molar-refractivity contribution in [1.82, 2.24) is 0 Å². The number of hydrogen-bond acceptors (Lipinski definition) is 5. The van der Waals surface area contributed by atoms with Crippen LogP contribution in [-0.2, 0) is 16.1 Å². The van der Waals surface area contributed by atoms with Crippen LogP contribution in [0.3, 0.4) is 0 Å². The van der Waals surface area contributed by atoms with Crippen LogP contribution in [0.25, 0.3) is 6.08 Å². The number of anilines is 1. The molecule has 0 aliphatic heterocycles. The molecule has 0 aromatic heterocycles. The predicted molar refractivity (Wildman–Crippen MR) is 140 cm³/mol. The minimum Gasteiger partial charge on any atom is -0.487 e. The van der Waals surface area contributed by atoms with Crippen molar-refractivity contribution in [2.24, 2.45) is 0 Å². The maximum Gasteiger partial charge on any atom is 0.337 e. The Balaban J connectivity index is 1.73. The molecule has 1 N–H and O–H groups in total. The van der Waals surface area contributed by atoms with E-state index in [1.165, 1.54) is 25.3 Å². The number of amides is 1. The van der Waals surface area contributed by atoms with Crippen LogP contribution < -0.4 is 10.1 Å².